The second kappa shape index (κ2) is 8.14. The first-order chi connectivity index (χ1) is 13.6. The molecule has 1 N–H and O–H groups in total. The molecule has 6 nitrogen and oxygen atoms in total. The van der Waals surface area contributed by atoms with Crippen LogP contribution in [0.2, 0.25) is 0 Å². The van der Waals surface area contributed by atoms with Crippen molar-refractivity contribution in [1.29, 1.82) is 0 Å². The molecule has 2 rings (SSSR count). The van der Waals surface area contributed by atoms with E-state index in [0.717, 1.165) is 10.4 Å². The van der Waals surface area contributed by atoms with E-state index in [1.165, 1.54) is 32.3 Å². The van der Waals surface area contributed by atoms with Gasteiger partial charge in [0.15, 0.2) is 0 Å². The Morgan fingerprint density at radius 3 is 1.93 bits per heavy atom. The molecule has 0 aromatic heterocycles. The maximum atomic E-state index is 12.9. The number of hydrogen-bond acceptors (Lipinski definition) is 4. The maximum Gasteiger partial charge on any atom is 0.416 e. The minimum atomic E-state index is -5.07. The molecule has 0 atom stereocenters. The fourth-order valence-electron chi connectivity index (χ4n) is 2.12. The number of anilines is 1. The molecular weight excluding hydrogens is 442 g/mol. The van der Waals surface area contributed by atoms with Crippen molar-refractivity contribution in [2.75, 3.05) is 19.4 Å². The van der Waals surface area contributed by atoms with E-state index < -0.39 is 45.4 Å². The number of hydrogen-bond donors (Lipinski definition) is 1. The van der Waals surface area contributed by atoms with Crippen LogP contribution in [0.3, 0.4) is 0 Å². The molecule has 0 aliphatic heterocycles. The minimum Gasteiger partial charge on any atom is -0.371 e. The number of amides is 1. The first-order valence-electron chi connectivity index (χ1n) is 7.92. The van der Waals surface area contributed by atoms with Gasteiger partial charge in [-0.1, -0.05) is 6.07 Å². The van der Waals surface area contributed by atoms with Crippen LogP contribution in [0.1, 0.15) is 21.5 Å². The van der Waals surface area contributed by atoms with Gasteiger partial charge in [0, 0.05) is 25.3 Å². The van der Waals surface area contributed by atoms with Crippen LogP contribution >= 0.6 is 0 Å². The first kappa shape index (κ1) is 23.5. The molecule has 2 aromatic carbocycles. The summed E-state index contributed by atoms with van der Waals surface area (Å²) in [5, 5.41) is 1.94. The molecule has 13 heteroatoms. The molecular formula is C17H14F6N2O4S. The van der Waals surface area contributed by atoms with E-state index in [4.69, 9.17) is 4.18 Å². The predicted molar refractivity (Wildman–Crippen MR) is 94.1 cm³/mol. The Hall–Kier alpha value is -2.80. The second-order valence-corrected chi connectivity index (χ2v) is 7.85. The average molecular weight is 456 g/mol. The summed E-state index contributed by atoms with van der Waals surface area (Å²) in [6, 6.07) is 5.19. The van der Waals surface area contributed by atoms with Gasteiger partial charge in [-0.05, 0) is 36.4 Å². The zero-order valence-corrected chi connectivity index (χ0v) is 16.1. The van der Waals surface area contributed by atoms with Crippen LogP contribution in [0.15, 0.2) is 42.5 Å². The number of rotatable bonds is 5. The zero-order chi connectivity index (χ0) is 22.9. The van der Waals surface area contributed by atoms with Gasteiger partial charge in [0.2, 0.25) is 0 Å². The van der Waals surface area contributed by atoms with Crippen molar-refractivity contribution >= 4 is 21.9 Å². The predicted octanol–water partition coefficient (Wildman–Crippen LogP) is 4.16. The van der Waals surface area contributed by atoms with E-state index >= 15 is 0 Å². The van der Waals surface area contributed by atoms with Crippen molar-refractivity contribution in [3.63, 3.8) is 0 Å². The van der Waals surface area contributed by atoms with Crippen molar-refractivity contribution in [1.82, 2.24) is 4.31 Å². The molecule has 0 saturated heterocycles. The fraction of sp³-hybridized carbons (Fsp3) is 0.235. The quantitative estimate of drug-likeness (QED) is 0.686. The van der Waals surface area contributed by atoms with Crippen LogP contribution in [0.25, 0.3) is 0 Å². The Balaban J connectivity index is 2.35. The summed E-state index contributed by atoms with van der Waals surface area (Å²) < 4.78 is 106. The summed E-state index contributed by atoms with van der Waals surface area (Å²) in [6.07, 6.45) is -10.1. The molecule has 0 unspecified atom stereocenters. The third kappa shape index (κ3) is 5.86. The second-order valence-electron chi connectivity index (χ2n) is 6.10. The van der Waals surface area contributed by atoms with E-state index in [1.54, 1.807) is 0 Å². The minimum absolute atomic E-state index is 0.0732. The summed E-state index contributed by atoms with van der Waals surface area (Å²) in [6.45, 7) is 0. The molecule has 0 heterocycles. The van der Waals surface area contributed by atoms with E-state index in [0.29, 0.717) is 12.1 Å². The molecule has 2 aromatic rings. The molecule has 0 saturated carbocycles. The number of benzene rings is 2. The molecule has 0 spiro atoms. The summed E-state index contributed by atoms with van der Waals surface area (Å²) in [5.74, 6) is -1.36. The summed E-state index contributed by atoms with van der Waals surface area (Å²) in [7, 11) is -1.76. The van der Waals surface area contributed by atoms with Crippen LogP contribution in [0, 0.1) is 0 Å². The number of halogens is 6. The molecule has 1 amide bonds. The SMILES string of the molecule is CN(C)S(=O)(=O)Oc1cccc(C(=O)Nc2cc(C(F)(F)F)cc(C(F)(F)F)c2)c1. The highest BCUT2D eigenvalue weighted by atomic mass is 32.2. The van der Waals surface area contributed by atoms with Gasteiger partial charge in [0.1, 0.15) is 5.75 Å². The van der Waals surface area contributed by atoms with Gasteiger partial charge in [-0.2, -0.15) is 39.1 Å². The van der Waals surface area contributed by atoms with Crippen molar-refractivity contribution in [2.45, 2.75) is 12.4 Å². The third-order valence-electron chi connectivity index (χ3n) is 3.59. The summed E-state index contributed by atoms with van der Waals surface area (Å²) in [4.78, 5) is 12.3. The molecule has 0 bridgehead atoms. The van der Waals surface area contributed by atoms with Gasteiger partial charge in [0.25, 0.3) is 5.91 Å². The highest BCUT2D eigenvalue weighted by Gasteiger charge is 2.37. The van der Waals surface area contributed by atoms with Gasteiger partial charge in [-0.25, -0.2) is 0 Å². The summed E-state index contributed by atoms with van der Waals surface area (Å²) >= 11 is 0. The van der Waals surface area contributed by atoms with E-state index in [-0.39, 0.29) is 17.4 Å². The number of carbonyl (C=O) groups is 1. The summed E-state index contributed by atoms with van der Waals surface area (Å²) in [5.41, 5.74) is -4.19. The van der Waals surface area contributed by atoms with E-state index in [2.05, 4.69) is 0 Å². The molecule has 0 aliphatic carbocycles. The standard InChI is InChI=1S/C17H14F6N2O4S/c1-25(2)30(27,28)29-14-5-3-4-10(6-14)15(26)24-13-8-11(16(18,19)20)7-12(9-13)17(21,22)23/h3-9H,1-2H3,(H,24,26). The Morgan fingerprint density at radius 1 is 0.933 bits per heavy atom. The number of carbonyl (C=O) groups excluding carboxylic acids is 1. The van der Waals surface area contributed by atoms with Crippen LogP contribution in [-0.4, -0.2) is 32.7 Å². The lowest BCUT2D eigenvalue weighted by Gasteiger charge is -2.15. The zero-order valence-electron chi connectivity index (χ0n) is 15.3. The molecule has 0 radical (unpaired) electrons. The third-order valence-corrected chi connectivity index (χ3v) is 4.89. The van der Waals surface area contributed by atoms with Gasteiger partial charge >= 0.3 is 22.7 Å². The van der Waals surface area contributed by atoms with Crippen molar-refractivity contribution in [2.24, 2.45) is 0 Å². The smallest absolute Gasteiger partial charge is 0.371 e. The Bertz CT molecular complexity index is 1020. The topological polar surface area (TPSA) is 75.7 Å². The van der Waals surface area contributed by atoms with Gasteiger partial charge in [0.05, 0.1) is 11.1 Å². The average Bonchev–Trinajstić information content (AvgIpc) is 2.59. The van der Waals surface area contributed by atoms with Crippen molar-refractivity contribution < 1.29 is 43.7 Å². The van der Waals surface area contributed by atoms with Crippen LogP contribution in [0.5, 0.6) is 5.75 Å². The molecule has 164 valence electrons. The fourth-order valence-corrected chi connectivity index (χ4v) is 2.61. The molecule has 0 aliphatic rings. The van der Waals surface area contributed by atoms with Gasteiger partial charge in [-0.15, -0.1) is 0 Å². The monoisotopic (exact) mass is 456 g/mol. The largest absolute Gasteiger partial charge is 0.416 e. The number of nitrogens with zero attached hydrogens (tertiary/aromatic N) is 1. The van der Waals surface area contributed by atoms with Gasteiger partial charge in [-0.3, -0.25) is 4.79 Å². The van der Waals surface area contributed by atoms with Crippen LogP contribution in [0.4, 0.5) is 32.0 Å². The normalized spacial score (nSPS) is 12.7. The lowest BCUT2D eigenvalue weighted by Crippen LogP contribution is -2.27. The number of alkyl halides is 6. The Morgan fingerprint density at radius 2 is 1.47 bits per heavy atom. The number of nitrogens with one attached hydrogen (secondary N) is 1. The van der Waals surface area contributed by atoms with Crippen LogP contribution in [-0.2, 0) is 22.7 Å². The highest BCUT2D eigenvalue weighted by Crippen LogP contribution is 2.37. The lowest BCUT2D eigenvalue weighted by atomic mass is 10.1. The van der Waals surface area contributed by atoms with Crippen molar-refractivity contribution in [3.05, 3.63) is 59.2 Å². The van der Waals surface area contributed by atoms with Crippen molar-refractivity contribution in [3.8, 4) is 5.75 Å². The Kier molecular flexibility index (Phi) is 6.37. The first-order valence-corrected chi connectivity index (χ1v) is 9.29. The lowest BCUT2D eigenvalue weighted by molar-refractivity contribution is -0.143. The van der Waals surface area contributed by atoms with E-state index in [9.17, 15) is 39.6 Å². The molecule has 30 heavy (non-hydrogen) atoms. The molecule has 0 fully saturated rings. The van der Waals surface area contributed by atoms with Crippen LogP contribution < -0.4 is 9.50 Å². The maximum absolute atomic E-state index is 12.9. The van der Waals surface area contributed by atoms with Gasteiger partial charge < -0.3 is 9.50 Å². The Labute approximate surface area is 167 Å². The van der Waals surface area contributed by atoms with E-state index in [1.807, 2.05) is 5.32 Å². The highest BCUT2D eigenvalue weighted by molar-refractivity contribution is 7.84.